The Morgan fingerprint density at radius 2 is 1.94 bits per heavy atom. The van der Waals surface area contributed by atoms with Crippen LogP contribution in [0.3, 0.4) is 0 Å². The fraction of sp³-hybridized carbons (Fsp3) is 0.231. The molecule has 4 aromatic rings. The van der Waals surface area contributed by atoms with Crippen molar-refractivity contribution in [1.82, 2.24) is 9.88 Å². The van der Waals surface area contributed by atoms with Crippen LogP contribution in [0.4, 0.5) is 0 Å². The molecule has 1 unspecified atom stereocenters. The molecular weight excluding hydrogens is 443 g/mol. The number of halogens is 2. The first-order chi connectivity index (χ1) is 15.6. The van der Waals surface area contributed by atoms with Crippen LogP contribution in [0.15, 0.2) is 71.3 Å². The lowest BCUT2D eigenvalue weighted by atomic mass is 9.97. The van der Waals surface area contributed by atoms with E-state index in [0.717, 1.165) is 24.9 Å². The molecule has 4 nitrogen and oxygen atoms in total. The number of carbonyl (C=O) groups excluding carboxylic acids is 1. The molecule has 32 heavy (non-hydrogen) atoms. The summed E-state index contributed by atoms with van der Waals surface area (Å²) in [5.74, 6) is 1.23. The first kappa shape index (κ1) is 21.0. The number of hydrogen-bond acceptors (Lipinski definition) is 3. The molecular formula is C26H22Cl2N2O2. The van der Waals surface area contributed by atoms with E-state index < -0.39 is 0 Å². The lowest BCUT2D eigenvalue weighted by Crippen LogP contribution is -2.30. The second-order valence-corrected chi connectivity index (χ2v) is 8.90. The van der Waals surface area contributed by atoms with Gasteiger partial charge in [0.25, 0.3) is 0 Å². The van der Waals surface area contributed by atoms with Crippen LogP contribution in [-0.2, 0) is 11.2 Å². The average Bonchev–Trinajstić information content (AvgIpc) is 3.47. The third-order valence-corrected chi connectivity index (χ3v) is 6.61. The number of amides is 1. The van der Waals surface area contributed by atoms with E-state index in [9.17, 15) is 4.79 Å². The lowest BCUT2D eigenvalue weighted by Gasteiger charge is -2.26. The fourth-order valence-electron chi connectivity index (χ4n) is 4.53. The summed E-state index contributed by atoms with van der Waals surface area (Å²) < 4.78 is 5.86. The van der Waals surface area contributed by atoms with Crippen molar-refractivity contribution >= 4 is 39.9 Å². The van der Waals surface area contributed by atoms with Crippen LogP contribution < -0.4 is 0 Å². The normalized spacial score (nSPS) is 16.1. The first-order valence-corrected chi connectivity index (χ1v) is 11.5. The molecule has 5 rings (SSSR count). The smallest absolute Gasteiger partial charge is 0.223 e. The Balaban J connectivity index is 1.29. The van der Waals surface area contributed by atoms with Gasteiger partial charge in [0.2, 0.25) is 5.91 Å². The molecule has 6 heteroatoms. The monoisotopic (exact) mass is 464 g/mol. The van der Waals surface area contributed by atoms with E-state index in [1.807, 2.05) is 11.0 Å². The summed E-state index contributed by atoms with van der Waals surface area (Å²) in [6.45, 7) is 0.782. The Kier molecular flexibility index (Phi) is 5.90. The molecule has 0 spiro atoms. The SMILES string of the molecule is O=C(CCc1ncc(-c2ccc(Cl)cc2Cl)o1)N1CCCC1c1cccc2ccccc12. The molecule has 1 aliphatic rings. The summed E-state index contributed by atoms with van der Waals surface area (Å²) in [6.07, 6.45) is 4.44. The Labute approximate surface area is 196 Å². The van der Waals surface area contributed by atoms with E-state index in [1.54, 1.807) is 24.4 Å². The number of rotatable bonds is 5. The van der Waals surface area contributed by atoms with Gasteiger partial charge in [0.05, 0.1) is 17.3 Å². The molecule has 1 saturated heterocycles. The summed E-state index contributed by atoms with van der Waals surface area (Å²) in [4.78, 5) is 19.5. The molecule has 1 aliphatic heterocycles. The second-order valence-electron chi connectivity index (χ2n) is 8.06. The zero-order valence-corrected chi connectivity index (χ0v) is 18.9. The lowest BCUT2D eigenvalue weighted by molar-refractivity contribution is -0.132. The standard InChI is InChI=1S/C26H22Cl2N2O2/c27-18-10-11-21(22(28)15-18)24-16-29-25(32-24)12-13-26(31)30-14-4-9-23(30)20-8-3-6-17-5-1-2-7-19(17)20/h1-3,5-8,10-11,15-16,23H,4,9,12-14H2. The summed E-state index contributed by atoms with van der Waals surface area (Å²) in [6, 6.07) is 20.1. The maximum absolute atomic E-state index is 13.1. The van der Waals surface area contributed by atoms with Crippen LogP contribution in [-0.4, -0.2) is 22.3 Å². The Morgan fingerprint density at radius 3 is 2.81 bits per heavy atom. The quantitative estimate of drug-likeness (QED) is 0.316. The molecule has 0 aliphatic carbocycles. The molecule has 162 valence electrons. The Morgan fingerprint density at radius 1 is 1.09 bits per heavy atom. The van der Waals surface area contributed by atoms with Gasteiger partial charge >= 0.3 is 0 Å². The number of hydrogen-bond donors (Lipinski definition) is 0. The second kappa shape index (κ2) is 8.97. The van der Waals surface area contributed by atoms with Gasteiger partial charge in [-0.15, -0.1) is 0 Å². The van der Waals surface area contributed by atoms with E-state index in [4.69, 9.17) is 27.6 Å². The Bertz CT molecular complexity index is 1280. The summed E-state index contributed by atoms with van der Waals surface area (Å²) in [5, 5.41) is 3.50. The van der Waals surface area contributed by atoms with Gasteiger partial charge in [0.1, 0.15) is 0 Å². The predicted octanol–water partition coefficient (Wildman–Crippen LogP) is 7.10. The van der Waals surface area contributed by atoms with Crippen molar-refractivity contribution in [3.05, 3.63) is 88.4 Å². The van der Waals surface area contributed by atoms with E-state index in [2.05, 4.69) is 41.4 Å². The highest BCUT2D eigenvalue weighted by atomic mass is 35.5. The van der Waals surface area contributed by atoms with Crippen LogP contribution in [0.5, 0.6) is 0 Å². The van der Waals surface area contributed by atoms with Gasteiger partial charge in [0.15, 0.2) is 11.7 Å². The van der Waals surface area contributed by atoms with Gasteiger partial charge in [-0.25, -0.2) is 4.98 Å². The number of likely N-dealkylation sites (tertiary alicyclic amines) is 1. The Hall–Kier alpha value is -2.82. The minimum absolute atomic E-state index is 0.113. The number of fused-ring (bicyclic) bond motifs is 1. The maximum Gasteiger partial charge on any atom is 0.223 e. The van der Waals surface area contributed by atoms with Gasteiger partial charge in [-0.05, 0) is 47.4 Å². The van der Waals surface area contributed by atoms with Gasteiger partial charge < -0.3 is 9.32 Å². The van der Waals surface area contributed by atoms with E-state index in [0.29, 0.717) is 34.5 Å². The molecule has 0 bridgehead atoms. The number of carbonyl (C=O) groups is 1. The minimum Gasteiger partial charge on any atom is -0.441 e. The van der Waals surface area contributed by atoms with Gasteiger partial charge in [-0.1, -0.05) is 65.7 Å². The molecule has 1 aromatic heterocycles. The van der Waals surface area contributed by atoms with Crippen LogP contribution in [0, 0.1) is 0 Å². The highest BCUT2D eigenvalue weighted by Gasteiger charge is 2.30. The molecule has 3 aromatic carbocycles. The van der Waals surface area contributed by atoms with Gasteiger partial charge in [-0.2, -0.15) is 0 Å². The number of nitrogens with zero attached hydrogens (tertiary/aromatic N) is 2. The van der Waals surface area contributed by atoms with Crippen molar-refractivity contribution in [2.24, 2.45) is 0 Å². The largest absolute Gasteiger partial charge is 0.441 e. The van der Waals surface area contributed by atoms with Crippen molar-refractivity contribution in [3.63, 3.8) is 0 Å². The highest BCUT2D eigenvalue weighted by Crippen LogP contribution is 2.36. The molecule has 2 heterocycles. The molecule has 1 fully saturated rings. The number of aromatic nitrogens is 1. The van der Waals surface area contributed by atoms with E-state index in [-0.39, 0.29) is 11.9 Å². The molecule has 1 atom stereocenters. The summed E-state index contributed by atoms with van der Waals surface area (Å²) >= 11 is 12.2. The molecule has 1 amide bonds. The predicted molar refractivity (Wildman–Crippen MR) is 128 cm³/mol. The maximum atomic E-state index is 13.1. The number of aryl methyl sites for hydroxylation is 1. The number of benzene rings is 3. The zero-order chi connectivity index (χ0) is 22.1. The highest BCUT2D eigenvalue weighted by molar-refractivity contribution is 6.36. The van der Waals surface area contributed by atoms with Crippen LogP contribution in [0.25, 0.3) is 22.1 Å². The van der Waals surface area contributed by atoms with Crippen LogP contribution in [0.2, 0.25) is 10.0 Å². The zero-order valence-electron chi connectivity index (χ0n) is 17.4. The van der Waals surface area contributed by atoms with Crippen molar-refractivity contribution in [1.29, 1.82) is 0 Å². The average molecular weight is 465 g/mol. The topological polar surface area (TPSA) is 46.3 Å². The van der Waals surface area contributed by atoms with Crippen LogP contribution >= 0.6 is 23.2 Å². The van der Waals surface area contributed by atoms with Gasteiger partial charge in [0, 0.05) is 30.0 Å². The van der Waals surface area contributed by atoms with Crippen molar-refractivity contribution in [2.45, 2.75) is 31.7 Å². The van der Waals surface area contributed by atoms with Crippen molar-refractivity contribution < 1.29 is 9.21 Å². The third-order valence-electron chi connectivity index (χ3n) is 6.06. The van der Waals surface area contributed by atoms with Crippen LogP contribution in [0.1, 0.15) is 36.8 Å². The van der Waals surface area contributed by atoms with Crippen molar-refractivity contribution in [3.8, 4) is 11.3 Å². The molecule has 0 saturated carbocycles. The van der Waals surface area contributed by atoms with Crippen molar-refractivity contribution in [2.75, 3.05) is 6.54 Å². The third kappa shape index (κ3) is 4.13. The van der Waals surface area contributed by atoms with Gasteiger partial charge in [-0.3, -0.25) is 4.79 Å². The fourth-order valence-corrected chi connectivity index (χ4v) is 5.03. The first-order valence-electron chi connectivity index (χ1n) is 10.8. The minimum atomic E-state index is 0.113. The summed E-state index contributed by atoms with van der Waals surface area (Å²) in [5.41, 5.74) is 1.96. The number of oxazole rings is 1. The molecule has 0 radical (unpaired) electrons. The molecule has 0 N–H and O–H groups in total. The van der Waals surface area contributed by atoms with E-state index in [1.165, 1.54) is 16.3 Å². The summed E-state index contributed by atoms with van der Waals surface area (Å²) in [7, 11) is 0. The van der Waals surface area contributed by atoms with E-state index >= 15 is 0 Å².